The third-order valence-electron chi connectivity index (χ3n) is 4.60. The summed E-state index contributed by atoms with van der Waals surface area (Å²) in [6, 6.07) is 2.22. The first kappa shape index (κ1) is 15.8. The van der Waals surface area contributed by atoms with Gasteiger partial charge in [0.15, 0.2) is 0 Å². The van der Waals surface area contributed by atoms with Crippen LogP contribution in [-0.4, -0.2) is 33.9 Å². The zero-order valence-corrected chi connectivity index (χ0v) is 13.9. The van der Waals surface area contributed by atoms with Crippen LogP contribution in [0.4, 0.5) is 0 Å². The smallest absolute Gasteiger partial charge is 0.253 e. The third kappa shape index (κ3) is 3.17. The Kier molecular flexibility index (Phi) is 4.52. The first-order valence-electron chi connectivity index (χ1n) is 8.13. The van der Waals surface area contributed by atoms with Crippen LogP contribution in [0.15, 0.2) is 18.5 Å². The van der Waals surface area contributed by atoms with Gasteiger partial charge in [0.05, 0.1) is 30.5 Å². The Morgan fingerprint density at radius 3 is 3.00 bits per heavy atom. The van der Waals surface area contributed by atoms with Gasteiger partial charge in [0, 0.05) is 29.8 Å². The predicted octanol–water partition coefficient (Wildman–Crippen LogP) is 2.67. The summed E-state index contributed by atoms with van der Waals surface area (Å²) in [5.41, 5.74) is 3.82. The van der Waals surface area contributed by atoms with Gasteiger partial charge in [-0.05, 0) is 39.7 Å². The second-order valence-electron chi connectivity index (χ2n) is 6.25. The van der Waals surface area contributed by atoms with Gasteiger partial charge < -0.3 is 14.6 Å². The highest BCUT2D eigenvalue weighted by atomic mass is 16.5. The van der Waals surface area contributed by atoms with Gasteiger partial charge in [0.25, 0.3) is 5.91 Å². The fraction of sp³-hybridized carbons (Fsp3) is 0.529. The van der Waals surface area contributed by atoms with Crippen LogP contribution < -0.4 is 5.32 Å². The molecule has 6 heteroatoms. The van der Waals surface area contributed by atoms with Crippen molar-refractivity contribution in [2.75, 3.05) is 13.2 Å². The minimum Gasteiger partial charge on any atom is -0.379 e. The van der Waals surface area contributed by atoms with E-state index in [-0.39, 0.29) is 11.9 Å². The first-order valence-corrected chi connectivity index (χ1v) is 8.13. The Morgan fingerprint density at radius 2 is 2.35 bits per heavy atom. The van der Waals surface area contributed by atoms with Crippen LogP contribution in [-0.2, 0) is 4.74 Å². The number of hydrogen-bond acceptors (Lipinski definition) is 3. The summed E-state index contributed by atoms with van der Waals surface area (Å²) < 4.78 is 7.84. The molecule has 2 aromatic heterocycles. The number of amides is 1. The molecule has 1 amide bonds. The SMILES string of the molecule is Cc1cc(C(=O)NC(C)c2cn[nH]c2)c(C)n1C1CCCOC1. The molecule has 2 N–H and O–H groups in total. The fourth-order valence-corrected chi connectivity index (χ4v) is 3.35. The van der Waals surface area contributed by atoms with Crippen molar-refractivity contribution in [3.63, 3.8) is 0 Å². The summed E-state index contributed by atoms with van der Waals surface area (Å²) in [6.07, 6.45) is 5.70. The lowest BCUT2D eigenvalue weighted by atomic mass is 10.1. The van der Waals surface area contributed by atoms with Crippen molar-refractivity contribution in [2.24, 2.45) is 0 Å². The van der Waals surface area contributed by atoms with E-state index in [1.165, 1.54) is 0 Å². The number of carbonyl (C=O) groups is 1. The minimum atomic E-state index is -0.0812. The Labute approximate surface area is 136 Å². The summed E-state index contributed by atoms with van der Waals surface area (Å²) >= 11 is 0. The topological polar surface area (TPSA) is 71.9 Å². The molecule has 1 aliphatic heterocycles. The van der Waals surface area contributed by atoms with Crippen molar-refractivity contribution < 1.29 is 9.53 Å². The summed E-state index contributed by atoms with van der Waals surface area (Å²) in [4.78, 5) is 12.6. The minimum absolute atomic E-state index is 0.0465. The molecular formula is C17H24N4O2. The number of hydrogen-bond donors (Lipinski definition) is 2. The molecule has 0 spiro atoms. The largest absolute Gasteiger partial charge is 0.379 e. The van der Waals surface area contributed by atoms with Gasteiger partial charge in [-0.25, -0.2) is 0 Å². The van der Waals surface area contributed by atoms with E-state index in [0.717, 1.165) is 48.6 Å². The molecule has 6 nitrogen and oxygen atoms in total. The van der Waals surface area contributed by atoms with E-state index in [1.807, 2.05) is 19.9 Å². The van der Waals surface area contributed by atoms with Crippen molar-refractivity contribution >= 4 is 5.91 Å². The van der Waals surface area contributed by atoms with Crippen molar-refractivity contribution in [1.82, 2.24) is 20.1 Å². The second kappa shape index (κ2) is 6.58. The van der Waals surface area contributed by atoms with Crippen LogP contribution in [0.2, 0.25) is 0 Å². The molecule has 1 aliphatic rings. The third-order valence-corrected chi connectivity index (χ3v) is 4.60. The van der Waals surface area contributed by atoms with Crippen LogP contribution in [0.3, 0.4) is 0 Å². The molecule has 0 aromatic carbocycles. The summed E-state index contributed by atoms with van der Waals surface area (Å²) in [5, 5.41) is 9.74. The lowest BCUT2D eigenvalue weighted by Crippen LogP contribution is -2.27. The number of aromatic amines is 1. The van der Waals surface area contributed by atoms with E-state index in [4.69, 9.17) is 4.74 Å². The van der Waals surface area contributed by atoms with Gasteiger partial charge in [-0.1, -0.05) is 0 Å². The summed E-state index contributed by atoms with van der Waals surface area (Å²) in [7, 11) is 0. The van der Waals surface area contributed by atoms with Gasteiger partial charge in [-0.3, -0.25) is 9.89 Å². The van der Waals surface area contributed by atoms with Crippen LogP contribution in [0.25, 0.3) is 0 Å². The number of aromatic nitrogens is 3. The van der Waals surface area contributed by atoms with E-state index in [1.54, 1.807) is 12.4 Å². The Bertz CT molecular complexity index is 669. The quantitative estimate of drug-likeness (QED) is 0.911. The molecule has 2 unspecified atom stereocenters. The van der Waals surface area contributed by atoms with Crippen molar-refractivity contribution in [2.45, 2.75) is 45.7 Å². The zero-order chi connectivity index (χ0) is 16.4. The van der Waals surface area contributed by atoms with E-state index in [9.17, 15) is 4.79 Å². The molecule has 0 radical (unpaired) electrons. The average Bonchev–Trinajstić information content (AvgIpc) is 3.16. The number of aryl methyl sites for hydroxylation is 1. The fourth-order valence-electron chi connectivity index (χ4n) is 3.35. The number of carbonyl (C=O) groups excluding carboxylic acids is 1. The molecule has 0 aliphatic carbocycles. The summed E-state index contributed by atoms with van der Waals surface area (Å²) in [5.74, 6) is -0.0465. The zero-order valence-electron chi connectivity index (χ0n) is 13.9. The maximum Gasteiger partial charge on any atom is 0.253 e. The second-order valence-corrected chi connectivity index (χ2v) is 6.25. The van der Waals surface area contributed by atoms with Crippen LogP contribution in [0.1, 0.15) is 59.2 Å². The molecule has 3 rings (SSSR count). The maximum absolute atomic E-state index is 12.6. The number of H-pyrrole nitrogens is 1. The molecule has 1 fully saturated rings. The molecule has 2 atom stereocenters. The summed E-state index contributed by atoms with van der Waals surface area (Å²) in [6.45, 7) is 7.59. The highest BCUT2D eigenvalue weighted by Gasteiger charge is 2.23. The normalized spacial score (nSPS) is 19.5. The van der Waals surface area contributed by atoms with E-state index >= 15 is 0 Å². The lowest BCUT2D eigenvalue weighted by Gasteiger charge is -2.26. The number of rotatable bonds is 4. The Morgan fingerprint density at radius 1 is 1.52 bits per heavy atom. The Balaban J connectivity index is 1.78. The maximum atomic E-state index is 12.6. The van der Waals surface area contributed by atoms with E-state index < -0.39 is 0 Å². The molecule has 0 bridgehead atoms. The van der Waals surface area contributed by atoms with Crippen molar-refractivity contribution in [1.29, 1.82) is 0 Å². The van der Waals surface area contributed by atoms with Crippen molar-refractivity contribution in [3.8, 4) is 0 Å². The van der Waals surface area contributed by atoms with Gasteiger partial charge in [0.1, 0.15) is 0 Å². The highest BCUT2D eigenvalue weighted by Crippen LogP contribution is 2.26. The molecular weight excluding hydrogens is 292 g/mol. The molecule has 23 heavy (non-hydrogen) atoms. The lowest BCUT2D eigenvalue weighted by molar-refractivity contribution is 0.0579. The molecule has 3 heterocycles. The standard InChI is InChI=1S/C17H24N4O2/c1-11-7-16(13(3)21(11)15-5-4-6-23-10-15)17(22)20-12(2)14-8-18-19-9-14/h7-9,12,15H,4-6,10H2,1-3H3,(H,18,19)(H,20,22). The monoisotopic (exact) mass is 316 g/mol. The molecule has 0 saturated carbocycles. The van der Waals surface area contributed by atoms with Gasteiger partial charge >= 0.3 is 0 Å². The molecule has 2 aromatic rings. The van der Waals surface area contributed by atoms with E-state index in [0.29, 0.717) is 6.04 Å². The Hall–Kier alpha value is -2.08. The first-order chi connectivity index (χ1) is 11.1. The van der Waals surface area contributed by atoms with Crippen LogP contribution in [0, 0.1) is 13.8 Å². The average molecular weight is 316 g/mol. The number of nitrogens with one attached hydrogen (secondary N) is 2. The van der Waals surface area contributed by atoms with Crippen LogP contribution in [0.5, 0.6) is 0 Å². The van der Waals surface area contributed by atoms with Crippen LogP contribution >= 0.6 is 0 Å². The van der Waals surface area contributed by atoms with Crippen molar-refractivity contribution in [3.05, 3.63) is 41.0 Å². The molecule has 1 saturated heterocycles. The van der Waals surface area contributed by atoms with E-state index in [2.05, 4.69) is 27.0 Å². The highest BCUT2D eigenvalue weighted by molar-refractivity contribution is 5.96. The van der Waals surface area contributed by atoms with Gasteiger partial charge in [0.2, 0.25) is 0 Å². The number of nitrogens with zero attached hydrogens (tertiary/aromatic N) is 2. The predicted molar refractivity (Wildman–Crippen MR) is 87.5 cm³/mol. The molecule has 124 valence electrons. The number of ether oxygens (including phenoxy) is 1. The van der Waals surface area contributed by atoms with Gasteiger partial charge in [-0.15, -0.1) is 0 Å². The van der Waals surface area contributed by atoms with Gasteiger partial charge in [-0.2, -0.15) is 5.10 Å².